The van der Waals surface area contributed by atoms with Crippen LogP contribution in [0.25, 0.3) is 10.9 Å². The van der Waals surface area contributed by atoms with Crippen molar-refractivity contribution in [2.24, 2.45) is 5.41 Å². The Bertz CT molecular complexity index is 1290. The number of methoxy groups -OCH3 is 1. The molecule has 0 unspecified atom stereocenters. The number of likely N-dealkylation sites (tertiary alicyclic amines) is 1. The number of aliphatic carboxylic acids is 1. The fraction of sp³-hybridized carbons (Fsp3) is 0.448. The lowest BCUT2D eigenvalue weighted by molar-refractivity contribution is -0.153. The third kappa shape index (κ3) is 6.55. The monoisotopic (exact) mass is 544 g/mol. The number of rotatable bonds is 11. The Hall–Kier alpha value is -3.53. The summed E-state index contributed by atoms with van der Waals surface area (Å²) in [5.41, 5.74) is 1.13. The molecule has 2 N–H and O–H groups in total. The molecule has 0 amide bonds. The summed E-state index contributed by atoms with van der Waals surface area (Å²) in [6, 6.07) is 8.62. The molecule has 0 radical (unpaired) electrons. The van der Waals surface area contributed by atoms with E-state index in [2.05, 4.69) is 15.2 Å². The number of piperidine rings is 1. The highest BCUT2D eigenvalue weighted by atomic mass is 19.1. The number of alkyl halides is 1. The van der Waals surface area contributed by atoms with Crippen LogP contribution in [-0.2, 0) is 4.79 Å². The number of pyridine rings is 1. The lowest BCUT2D eigenvalue weighted by atomic mass is 9.74. The van der Waals surface area contributed by atoms with Crippen molar-refractivity contribution in [3.05, 3.63) is 59.8 Å². The second-order valence-corrected chi connectivity index (χ2v) is 10.4. The fourth-order valence-corrected chi connectivity index (χ4v) is 5.33. The molecule has 2 aromatic carbocycles. The normalized spacial score (nSPS) is 16.2. The smallest absolute Gasteiger partial charge is 0.309 e. The van der Waals surface area contributed by atoms with Crippen molar-refractivity contribution in [2.45, 2.75) is 31.9 Å². The second kappa shape index (κ2) is 12.1. The highest BCUT2D eigenvalue weighted by Gasteiger charge is 2.41. The molecule has 1 aliphatic rings. The Morgan fingerprint density at radius 2 is 1.87 bits per heavy atom. The number of anilines is 2. The number of aromatic nitrogens is 1. The number of carboxylic acids is 1. The van der Waals surface area contributed by atoms with Crippen molar-refractivity contribution in [3.8, 4) is 5.75 Å². The van der Waals surface area contributed by atoms with E-state index in [1.54, 1.807) is 31.5 Å². The highest BCUT2D eigenvalue weighted by Crippen LogP contribution is 2.43. The highest BCUT2D eigenvalue weighted by molar-refractivity contribution is 5.88. The fourth-order valence-electron chi connectivity index (χ4n) is 5.33. The van der Waals surface area contributed by atoms with Crippen LogP contribution < -0.4 is 15.0 Å². The number of ether oxygens (including phenoxy) is 1. The van der Waals surface area contributed by atoms with Gasteiger partial charge in [0.05, 0.1) is 29.9 Å². The summed E-state index contributed by atoms with van der Waals surface area (Å²) in [5.74, 6) is -1.61. The summed E-state index contributed by atoms with van der Waals surface area (Å²) >= 11 is 0. The zero-order chi connectivity index (χ0) is 28.2. The molecule has 0 spiro atoms. The lowest BCUT2D eigenvalue weighted by Crippen LogP contribution is -2.45. The lowest BCUT2D eigenvalue weighted by Gasteiger charge is -2.39. The van der Waals surface area contributed by atoms with E-state index in [0.29, 0.717) is 72.6 Å². The minimum Gasteiger partial charge on any atom is -0.497 e. The molecule has 0 saturated carbocycles. The van der Waals surface area contributed by atoms with E-state index in [4.69, 9.17) is 4.74 Å². The maximum atomic E-state index is 16.0. The zero-order valence-electron chi connectivity index (χ0n) is 22.5. The van der Waals surface area contributed by atoms with Gasteiger partial charge in [0, 0.05) is 49.9 Å². The van der Waals surface area contributed by atoms with Crippen molar-refractivity contribution >= 4 is 28.2 Å². The third-order valence-corrected chi connectivity index (χ3v) is 7.65. The van der Waals surface area contributed by atoms with Crippen LogP contribution in [0.2, 0.25) is 0 Å². The van der Waals surface area contributed by atoms with Crippen molar-refractivity contribution in [3.63, 3.8) is 0 Å². The first-order valence-electron chi connectivity index (χ1n) is 13.1. The molecule has 1 atom stereocenters. The molecule has 3 aromatic rings. The predicted molar refractivity (Wildman–Crippen MR) is 146 cm³/mol. The number of carbonyl (C=O) groups is 1. The first-order chi connectivity index (χ1) is 18.6. The van der Waals surface area contributed by atoms with Crippen LogP contribution in [0, 0.1) is 17.0 Å². The number of benzene rings is 2. The van der Waals surface area contributed by atoms with Gasteiger partial charge in [-0.05, 0) is 69.1 Å². The van der Waals surface area contributed by atoms with Gasteiger partial charge in [-0.2, -0.15) is 0 Å². The summed E-state index contributed by atoms with van der Waals surface area (Å²) in [6.07, 6.45) is 1.33. The average molecular weight is 545 g/mol. The van der Waals surface area contributed by atoms with Gasteiger partial charge in [-0.15, -0.1) is 0 Å². The second-order valence-electron chi connectivity index (χ2n) is 10.4. The summed E-state index contributed by atoms with van der Waals surface area (Å²) < 4.78 is 48.2. The maximum absolute atomic E-state index is 16.0. The van der Waals surface area contributed by atoms with Gasteiger partial charge in [0.2, 0.25) is 0 Å². The van der Waals surface area contributed by atoms with Gasteiger partial charge in [-0.1, -0.05) is 0 Å². The first-order valence-corrected chi connectivity index (χ1v) is 13.1. The maximum Gasteiger partial charge on any atom is 0.309 e. The molecule has 10 heteroatoms. The molecule has 1 aromatic heterocycles. The third-order valence-electron chi connectivity index (χ3n) is 7.65. The summed E-state index contributed by atoms with van der Waals surface area (Å²) in [7, 11) is 5.21. The SMILES string of the molecule is COc1ccc2ncc(N(C)C)c([C@@H](F)CCC3(C(=O)O)CCN(CCNc4cc(F)cc(F)c4)CC3)c2c1. The predicted octanol–water partition coefficient (Wildman–Crippen LogP) is 5.66. The minimum atomic E-state index is -1.38. The summed E-state index contributed by atoms with van der Waals surface area (Å²) in [6.45, 7) is 2.14. The number of nitrogens with one attached hydrogen (secondary N) is 1. The van der Waals surface area contributed by atoms with E-state index in [-0.39, 0.29) is 12.8 Å². The van der Waals surface area contributed by atoms with Crippen LogP contribution in [-0.4, -0.2) is 68.3 Å². The number of halogens is 3. The van der Waals surface area contributed by atoms with Crippen molar-refractivity contribution in [1.82, 2.24) is 9.88 Å². The van der Waals surface area contributed by atoms with E-state index >= 15 is 4.39 Å². The van der Waals surface area contributed by atoms with E-state index < -0.39 is 29.2 Å². The van der Waals surface area contributed by atoms with Gasteiger partial charge in [-0.25, -0.2) is 13.2 Å². The van der Waals surface area contributed by atoms with Crippen molar-refractivity contribution < 1.29 is 27.8 Å². The molecule has 1 fully saturated rings. The quantitative estimate of drug-likeness (QED) is 0.323. The van der Waals surface area contributed by atoms with Gasteiger partial charge in [0.15, 0.2) is 0 Å². The standard InChI is InChI=1S/C29H35F3N4O3/c1-35(2)26-18-34-25-5-4-22(39-3)17-23(25)27(26)24(32)6-7-29(28(37)38)8-11-36(12-9-29)13-10-33-21-15-19(30)14-20(31)16-21/h4-5,14-18,24,33H,6-13H2,1-3H3,(H,37,38)/t24-/m0/s1. The van der Waals surface area contributed by atoms with E-state index in [1.807, 2.05) is 19.0 Å². The van der Waals surface area contributed by atoms with Gasteiger partial charge < -0.3 is 25.0 Å². The van der Waals surface area contributed by atoms with Crippen LogP contribution >= 0.6 is 0 Å². The average Bonchev–Trinajstić information content (AvgIpc) is 2.90. The number of hydrogen-bond acceptors (Lipinski definition) is 6. The molecule has 1 saturated heterocycles. The molecule has 0 aliphatic carbocycles. The zero-order valence-corrected chi connectivity index (χ0v) is 22.5. The van der Waals surface area contributed by atoms with Gasteiger partial charge >= 0.3 is 5.97 Å². The van der Waals surface area contributed by atoms with Crippen LogP contribution in [0.3, 0.4) is 0 Å². The first kappa shape index (κ1) is 28.5. The Balaban J connectivity index is 1.41. The van der Waals surface area contributed by atoms with Crippen LogP contribution in [0.5, 0.6) is 5.75 Å². The molecule has 210 valence electrons. The van der Waals surface area contributed by atoms with E-state index in [9.17, 15) is 18.7 Å². The molecule has 0 bridgehead atoms. The van der Waals surface area contributed by atoms with Crippen LogP contribution in [0.1, 0.15) is 37.4 Å². The van der Waals surface area contributed by atoms with Gasteiger partial charge in [-0.3, -0.25) is 9.78 Å². The topological polar surface area (TPSA) is 77.9 Å². The minimum absolute atomic E-state index is 0.0656. The molecular weight excluding hydrogens is 509 g/mol. The molecular formula is C29H35F3N4O3. The van der Waals surface area contributed by atoms with Crippen LogP contribution in [0.4, 0.5) is 24.5 Å². The Kier molecular flexibility index (Phi) is 8.84. The van der Waals surface area contributed by atoms with E-state index in [1.165, 1.54) is 12.1 Å². The molecule has 1 aliphatic heterocycles. The molecule has 39 heavy (non-hydrogen) atoms. The Labute approximate surface area is 226 Å². The molecule has 7 nitrogen and oxygen atoms in total. The summed E-state index contributed by atoms with van der Waals surface area (Å²) in [5, 5.41) is 13.8. The van der Waals surface area contributed by atoms with E-state index in [0.717, 1.165) is 6.07 Å². The Morgan fingerprint density at radius 3 is 2.49 bits per heavy atom. The molecule has 4 rings (SSSR count). The largest absolute Gasteiger partial charge is 0.497 e. The number of carboxylic acid groups (broad SMARTS) is 1. The number of nitrogens with zero attached hydrogens (tertiary/aromatic N) is 3. The number of fused-ring (bicyclic) bond motifs is 1. The molecule has 2 heterocycles. The van der Waals surface area contributed by atoms with Gasteiger partial charge in [0.25, 0.3) is 0 Å². The number of hydrogen-bond donors (Lipinski definition) is 2. The Morgan fingerprint density at radius 1 is 1.18 bits per heavy atom. The van der Waals surface area contributed by atoms with Gasteiger partial charge in [0.1, 0.15) is 23.6 Å². The van der Waals surface area contributed by atoms with Crippen molar-refractivity contribution in [2.75, 3.05) is 57.6 Å². The summed E-state index contributed by atoms with van der Waals surface area (Å²) in [4.78, 5) is 20.8. The van der Waals surface area contributed by atoms with Crippen molar-refractivity contribution in [1.29, 1.82) is 0 Å². The van der Waals surface area contributed by atoms with Crippen LogP contribution in [0.15, 0.2) is 42.6 Å².